The highest BCUT2D eigenvalue weighted by atomic mass is 16.1. The number of nitriles is 1. The molecule has 13 heavy (non-hydrogen) atoms. The second-order valence-electron chi connectivity index (χ2n) is 3.47. The van der Waals surface area contributed by atoms with Gasteiger partial charge >= 0.3 is 0 Å². The molecule has 1 aliphatic carbocycles. The van der Waals surface area contributed by atoms with Crippen LogP contribution < -0.4 is 0 Å². The van der Waals surface area contributed by atoms with E-state index in [0.29, 0.717) is 12.0 Å². The third-order valence-electron chi connectivity index (χ3n) is 2.41. The fraction of sp³-hybridized carbons (Fsp3) is 0.455. The molecule has 0 radical (unpaired) electrons. The topological polar surface area (TPSA) is 40.9 Å². The number of hydrogen-bond acceptors (Lipinski definition) is 2. The van der Waals surface area contributed by atoms with Crippen LogP contribution in [-0.2, 0) is 4.79 Å². The number of rotatable bonds is 2. The Morgan fingerprint density at radius 1 is 1.85 bits per heavy atom. The minimum absolute atomic E-state index is 0.112. The summed E-state index contributed by atoms with van der Waals surface area (Å²) >= 11 is 0. The van der Waals surface area contributed by atoms with Crippen molar-refractivity contribution in [2.75, 3.05) is 0 Å². The Balaban J connectivity index is 2.70. The lowest BCUT2D eigenvalue weighted by Crippen LogP contribution is -2.16. The molecule has 0 aliphatic heterocycles. The summed E-state index contributed by atoms with van der Waals surface area (Å²) in [5.41, 5.74) is 1.74. The molecule has 0 bridgehead atoms. The molecule has 2 heteroatoms. The van der Waals surface area contributed by atoms with Crippen molar-refractivity contribution < 1.29 is 4.79 Å². The largest absolute Gasteiger partial charge is 0.295 e. The van der Waals surface area contributed by atoms with Crippen LogP contribution in [0.3, 0.4) is 0 Å². The minimum atomic E-state index is 0.112. The summed E-state index contributed by atoms with van der Waals surface area (Å²) in [6.07, 6.45) is 3.52. The van der Waals surface area contributed by atoms with Crippen molar-refractivity contribution >= 4 is 5.78 Å². The van der Waals surface area contributed by atoms with Crippen LogP contribution >= 0.6 is 0 Å². The average molecular weight is 175 g/mol. The number of carbonyl (C=O) groups excluding carboxylic acids is 1. The van der Waals surface area contributed by atoms with E-state index in [9.17, 15) is 4.79 Å². The van der Waals surface area contributed by atoms with Gasteiger partial charge in [-0.3, -0.25) is 4.79 Å². The van der Waals surface area contributed by atoms with Crippen LogP contribution in [0.1, 0.15) is 26.2 Å². The summed E-state index contributed by atoms with van der Waals surface area (Å²) in [6.45, 7) is 5.78. The molecule has 0 saturated heterocycles. The highest BCUT2D eigenvalue weighted by Gasteiger charge is 2.21. The van der Waals surface area contributed by atoms with Crippen LogP contribution in [0.2, 0.25) is 0 Å². The predicted octanol–water partition coefficient (Wildman–Crippen LogP) is 2.38. The number of allylic oxidation sites excluding steroid dienone is 3. The van der Waals surface area contributed by atoms with E-state index in [1.54, 1.807) is 0 Å². The lowest BCUT2D eigenvalue weighted by atomic mass is 9.84. The van der Waals surface area contributed by atoms with Gasteiger partial charge in [-0.1, -0.05) is 18.2 Å². The van der Waals surface area contributed by atoms with Crippen LogP contribution in [0, 0.1) is 17.2 Å². The van der Waals surface area contributed by atoms with E-state index in [-0.39, 0.29) is 18.1 Å². The molecule has 2 nitrogen and oxygen atoms in total. The lowest BCUT2D eigenvalue weighted by Gasteiger charge is -2.19. The Kier molecular flexibility index (Phi) is 3.02. The smallest absolute Gasteiger partial charge is 0.160 e. The van der Waals surface area contributed by atoms with Gasteiger partial charge in [0.2, 0.25) is 0 Å². The van der Waals surface area contributed by atoms with Gasteiger partial charge in [0.25, 0.3) is 0 Å². The van der Waals surface area contributed by atoms with Crippen LogP contribution in [0.25, 0.3) is 0 Å². The summed E-state index contributed by atoms with van der Waals surface area (Å²) < 4.78 is 0. The van der Waals surface area contributed by atoms with Gasteiger partial charge in [-0.2, -0.15) is 5.26 Å². The molecule has 0 aromatic carbocycles. The zero-order chi connectivity index (χ0) is 9.84. The lowest BCUT2D eigenvalue weighted by molar-refractivity contribution is -0.116. The maximum Gasteiger partial charge on any atom is 0.160 e. The minimum Gasteiger partial charge on any atom is -0.295 e. The van der Waals surface area contributed by atoms with Crippen molar-refractivity contribution in [1.29, 1.82) is 5.26 Å². The Morgan fingerprint density at radius 3 is 3.00 bits per heavy atom. The molecular formula is C11H13NO. The third kappa shape index (κ3) is 2.29. The Labute approximate surface area is 78.6 Å². The van der Waals surface area contributed by atoms with Gasteiger partial charge in [0, 0.05) is 12.0 Å². The van der Waals surface area contributed by atoms with Crippen molar-refractivity contribution in [1.82, 2.24) is 0 Å². The standard InChI is InChI=1S/C11H13NO/c1-8(2)10-4-3-9(5-6-12)11(13)7-10/h3,10H,1,4-5,7H2,2H3. The number of ketones is 1. The number of Topliss-reactive ketones (excluding diaryl/α,β-unsaturated/α-hetero) is 1. The normalized spacial score (nSPS) is 22.0. The zero-order valence-corrected chi connectivity index (χ0v) is 7.84. The summed E-state index contributed by atoms with van der Waals surface area (Å²) in [5, 5.41) is 8.45. The van der Waals surface area contributed by atoms with Gasteiger partial charge < -0.3 is 0 Å². The predicted molar refractivity (Wildman–Crippen MR) is 50.9 cm³/mol. The van der Waals surface area contributed by atoms with Crippen LogP contribution in [0.4, 0.5) is 0 Å². The molecule has 0 amide bonds. The van der Waals surface area contributed by atoms with Gasteiger partial charge in [0.15, 0.2) is 5.78 Å². The first-order valence-electron chi connectivity index (χ1n) is 4.39. The van der Waals surface area contributed by atoms with E-state index in [0.717, 1.165) is 12.0 Å². The Bertz CT molecular complexity index is 307. The monoisotopic (exact) mass is 175 g/mol. The van der Waals surface area contributed by atoms with E-state index >= 15 is 0 Å². The zero-order valence-electron chi connectivity index (χ0n) is 7.84. The van der Waals surface area contributed by atoms with E-state index in [2.05, 4.69) is 6.58 Å². The summed E-state index contributed by atoms with van der Waals surface area (Å²) in [7, 11) is 0. The average Bonchev–Trinajstić information content (AvgIpc) is 2.08. The van der Waals surface area contributed by atoms with Gasteiger partial charge in [0.05, 0.1) is 12.5 Å². The van der Waals surface area contributed by atoms with Crippen molar-refractivity contribution in [2.24, 2.45) is 5.92 Å². The fourth-order valence-electron chi connectivity index (χ4n) is 1.47. The van der Waals surface area contributed by atoms with E-state index in [1.165, 1.54) is 0 Å². The Hall–Kier alpha value is -1.36. The molecule has 1 atom stereocenters. The first-order valence-corrected chi connectivity index (χ1v) is 4.39. The first kappa shape index (κ1) is 9.73. The molecule has 0 saturated carbocycles. The number of nitrogens with zero attached hydrogens (tertiary/aromatic N) is 1. The molecule has 0 aromatic rings. The van der Waals surface area contributed by atoms with E-state index in [4.69, 9.17) is 5.26 Å². The second kappa shape index (κ2) is 4.04. The molecule has 1 aliphatic rings. The molecule has 0 aromatic heterocycles. The van der Waals surface area contributed by atoms with Gasteiger partial charge in [-0.15, -0.1) is 0 Å². The molecule has 0 heterocycles. The maximum absolute atomic E-state index is 11.4. The van der Waals surface area contributed by atoms with Crippen molar-refractivity contribution in [3.8, 4) is 6.07 Å². The first-order chi connectivity index (χ1) is 6.15. The summed E-state index contributed by atoms with van der Waals surface area (Å²) in [5.74, 6) is 0.399. The van der Waals surface area contributed by atoms with Crippen molar-refractivity contribution in [3.05, 3.63) is 23.8 Å². The Morgan fingerprint density at radius 2 is 2.54 bits per heavy atom. The molecule has 68 valence electrons. The number of carbonyl (C=O) groups is 1. The van der Waals surface area contributed by atoms with E-state index in [1.807, 2.05) is 19.1 Å². The highest BCUT2D eigenvalue weighted by molar-refractivity contribution is 5.96. The third-order valence-corrected chi connectivity index (χ3v) is 2.41. The maximum atomic E-state index is 11.4. The molecule has 0 N–H and O–H groups in total. The van der Waals surface area contributed by atoms with Crippen molar-refractivity contribution in [3.63, 3.8) is 0 Å². The highest BCUT2D eigenvalue weighted by Crippen LogP contribution is 2.26. The van der Waals surface area contributed by atoms with Crippen molar-refractivity contribution in [2.45, 2.75) is 26.2 Å². The quantitative estimate of drug-likeness (QED) is 0.604. The van der Waals surface area contributed by atoms with E-state index < -0.39 is 0 Å². The fourth-order valence-corrected chi connectivity index (χ4v) is 1.47. The number of hydrogen-bond donors (Lipinski definition) is 0. The van der Waals surface area contributed by atoms with Gasteiger partial charge in [-0.05, 0) is 19.3 Å². The van der Waals surface area contributed by atoms with Crippen LogP contribution in [0.5, 0.6) is 0 Å². The van der Waals surface area contributed by atoms with Crippen LogP contribution in [0.15, 0.2) is 23.8 Å². The molecular weight excluding hydrogens is 162 g/mol. The molecule has 1 unspecified atom stereocenters. The second-order valence-corrected chi connectivity index (χ2v) is 3.47. The van der Waals surface area contributed by atoms with Gasteiger partial charge in [0.1, 0.15) is 0 Å². The molecule has 0 fully saturated rings. The summed E-state index contributed by atoms with van der Waals surface area (Å²) in [4.78, 5) is 11.4. The SMILES string of the molecule is C=C(C)C1CC=C(CC#N)C(=O)C1. The molecule has 1 rings (SSSR count). The van der Waals surface area contributed by atoms with Gasteiger partial charge in [-0.25, -0.2) is 0 Å². The molecule has 0 spiro atoms. The summed E-state index contributed by atoms with van der Waals surface area (Å²) in [6, 6.07) is 2.00. The van der Waals surface area contributed by atoms with Crippen LogP contribution in [-0.4, -0.2) is 5.78 Å².